The zero-order valence-electron chi connectivity index (χ0n) is 15.6. The Morgan fingerprint density at radius 1 is 1.23 bits per heavy atom. The first kappa shape index (κ1) is 16.2. The third-order valence-corrected chi connectivity index (χ3v) is 6.61. The summed E-state index contributed by atoms with van der Waals surface area (Å²) in [4.78, 5) is 19.2. The van der Waals surface area contributed by atoms with Crippen LogP contribution in [0.5, 0.6) is 11.5 Å². The van der Waals surface area contributed by atoms with Crippen molar-refractivity contribution in [3.05, 3.63) is 23.3 Å². The highest BCUT2D eigenvalue weighted by atomic mass is 16.7. The number of amides is 2. The van der Waals surface area contributed by atoms with Gasteiger partial charge in [-0.1, -0.05) is 6.07 Å². The van der Waals surface area contributed by atoms with E-state index in [-0.39, 0.29) is 6.03 Å². The van der Waals surface area contributed by atoms with Crippen LogP contribution >= 0.6 is 0 Å². The minimum atomic E-state index is 0.162. The second kappa shape index (κ2) is 6.05. The van der Waals surface area contributed by atoms with E-state index in [2.05, 4.69) is 21.9 Å². The Bertz CT molecular complexity index is 735. The highest BCUT2D eigenvalue weighted by Gasteiger charge is 2.45. The van der Waals surface area contributed by atoms with Crippen molar-refractivity contribution >= 4 is 6.03 Å². The predicted molar refractivity (Wildman–Crippen MR) is 97.5 cm³/mol. The van der Waals surface area contributed by atoms with Crippen LogP contribution in [0.1, 0.15) is 36.4 Å². The molecule has 5 rings (SSSR count). The SMILES string of the molecule is CN(C)C(=O)N1CCCC2CN3CCc4c(ccc5c4OCO5)C3CC21. The quantitative estimate of drug-likeness (QED) is 0.716. The van der Waals surface area contributed by atoms with Crippen molar-refractivity contribution in [2.75, 3.05) is 40.5 Å². The fraction of sp³-hybridized carbons (Fsp3) is 0.650. The average Bonchev–Trinajstić information content (AvgIpc) is 3.14. The zero-order valence-corrected chi connectivity index (χ0v) is 15.6. The maximum atomic E-state index is 12.7. The van der Waals surface area contributed by atoms with Crippen LogP contribution in [0, 0.1) is 5.92 Å². The monoisotopic (exact) mass is 357 g/mol. The molecule has 4 aliphatic rings. The number of carbonyl (C=O) groups excluding carboxylic acids is 1. The van der Waals surface area contributed by atoms with Crippen LogP contribution in [-0.4, -0.2) is 67.3 Å². The summed E-state index contributed by atoms with van der Waals surface area (Å²) in [6.07, 6.45) is 4.40. The fourth-order valence-corrected chi connectivity index (χ4v) is 5.41. The van der Waals surface area contributed by atoms with Crippen molar-refractivity contribution in [3.8, 4) is 11.5 Å². The van der Waals surface area contributed by atoms with E-state index in [1.807, 2.05) is 14.1 Å². The number of urea groups is 1. The molecule has 0 aromatic heterocycles. The molecule has 140 valence electrons. The van der Waals surface area contributed by atoms with Crippen molar-refractivity contribution in [2.24, 2.45) is 5.92 Å². The summed E-state index contributed by atoms with van der Waals surface area (Å²) < 4.78 is 11.3. The molecule has 2 fully saturated rings. The Morgan fingerprint density at radius 3 is 2.96 bits per heavy atom. The minimum absolute atomic E-state index is 0.162. The summed E-state index contributed by atoms with van der Waals surface area (Å²) in [5, 5.41) is 0. The Labute approximate surface area is 154 Å². The summed E-state index contributed by atoms with van der Waals surface area (Å²) in [6.45, 7) is 3.39. The molecule has 0 aliphatic carbocycles. The van der Waals surface area contributed by atoms with Gasteiger partial charge in [-0.3, -0.25) is 4.90 Å². The smallest absolute Gasteiger partial charge is 0.319 e. The van der Waals surface area contributed by atoms with Crippen molar-refractivity contribution in [2.45, 2.75) is 37.8 Å². The van der Waals surface area contributed by atoms with Crippen molar-refractivity contribution in [1.82, 2.24) is 14.7 Å². The lowest BCUT2D eigenvalue weighted by Gasteiger charge is -2.52. The molecular weight excluding hydrogens is 330 g/mol. The van der Waals surface area contributed by atoms with Gasteiger partial charge >= 0.3 is 6.03 Å². The van der Waals surface area contributed by atoms with Crippen LogP contribution in [0.15, 0.2) is 12.1 Å². The van der Waals surface area contributed by atoms with Crippen molar-refractivity contribution < 1.29 is 14.3 Å². The summed E-state index contributed by atoms with van der Waals surface area (Å²) in [5.41, 5.74) is 2.70. The van der Waals surface area contributed by atoms with Crippen LogP contribution in [0.2, 0.25) is 0 Å². The van der Waals surface area contributed by atoms with Gasteiger partial charge in [-0.15, -0.1) is 0 Å². The van der Waals surface area contributed by atoms with Crippen LogP contribution in [0.3, 0.4) is 0 Å². The summed E-state index contributed by atoms with van der Waals surface area (Å²) in [6, 6.07) is 5.16. The Morgan fingerprint density at radius 2 is 2.12 bits per heavy atom. The number of ether oxygens (including phenoxy) is 2. The van der Waals surface area contributed by atoms with E-state index in [0.29, 0.717) is 24.8 Å². The molecular formula is C20H27N3O3. The second-order valence-corrected chi connectivity index (χ2v) is 8.20. The summed E-state index contributed by atoms with van der Waals surface area (Å²) in [7, 11) is 3.72. The van der Waals surface area contributed by atoms with E-state index in [1.165, 1.54) is 17.5 Å². The molecule has 2 saturated heterocycles. The summed E-state index contributed by atoms with van der Waals surface area (Å²) in [5.74, 6) is 2.43. The topological polar surface area (TPSA) is 45.3 Å². The molecule has 0 spiro atoms. The number of fused-ring (bicyclic) bond motifs is 6. The molecule has 0 bridgehead atoms. The highest BCUT2D eigenvalue weighted by molar-refractivity contribution is 5.74. The molecule has 4 heterocycles. The Kier molecular flexibility index (Phi) is 3.78. The zero-order chi connectivity index (χ0) is 17.8. The largest absolute Gasteiger partial charge is 0.454 e. The number of benzene rings is 1. The molecule has 3 unspecified atom stereocenters. The van der Waals surface area contributed by atoms with Gasteiger partial charge in [0.25, 0.3) is 0 Å². The van der Waals surface area contributed by atoms with Gasteiger partial charge in [-0.2, -0.15) is 0 Å². The first-order chi connectivity index (χ1) is 12.6. The van der Waals surface area contributed by atoms with Crippen molar-refractivity contribution in [3.63, 3.8) is 0 Å². The lowest BCUT2D eigenvalue weighted by molar-refractivity contribution is 0.000886. The van der Waals surface area contributed by atoms with Crippen molar-refractivity contribution in [1.29, 1.82) is 0 Å². The molecule has 0 saturated carbocycles. The molecule has 6 heteroatoms. The van der Waals surface area contributed by atoms with Crippen LogP contribution in [-0.2, 0) is 6.42 Å². The van der Waals surface area contributed by atoms with E-state index < -0.39 is 0 Å². The van der Waals surface area contributed by atoms with Gasteiger partial charge in [-0.25, -0.2) is 4.79 Å². The highest BCUT2D eigenvalue weighted by Crippen LogP contribution is 2.47. The molecule has 4 aliphatic heterocycles. The Balaban J connectivity index is 1.47. The van der Waals surface area contributed by atoms with Gasteiger partial charge in [0.15, 0.2) is 11.5 Å². The van der Waals surface area contributed by atoms with E-state index in [4.69, 9.17) is 9.47 Å². The van der Waals surface area contributed by atoms with Crippen LogP contribution < -0.4 is 9.47 Å². The maximum absolute atomic E-state index is 12.7. The number of nitrogens with zero attached hydrogens (tertiary/aromatic N) is 3. The number of rotatable bonds is 0. The lowest BCUT2D eigenvalue weighted by atomic mass is 9.76. The normalized spacial score (nSPS) is 29.6. The number of likely N-dealkylation sites (tertiary alicyclic amines) is 1. The number of piperidine rings is 2. The fourth-order valence-electron chi connectivity index (χ4n) is 5.41. The van der Waals surface area contributed by atoms with Gasteiger partial charge in [0.1, 0.15) is 0 Å². The first-order valence-corrected chi connectivity index (χ1v) is 9.77. The van der Waals surface area contributed by atoms with E-state index in [1.54, 1.807) is 4.90 Å². The van der Waals surface area contributed by atoms with E-state index in [9.17, 15) is 4.79 Å². The van der Waals surface area contributed by atoms with Crippen LogP contribution in [0.4, 0.5) is 4.79 Å². The van der Waals surface area contributed by atoms with Gasteiger partial charge in [0.05, 0.1) is 0 Å². The number of carbonyl (C=O) groups is 1. The third-order valence-electron chi connectivity index (χ3n) is 6.61. The number of hydrogen-bond acceptors (Lipinski definition) is 4. The van der Waals surface area contributed by atoms with E-state index >= 15 is 0 Å². The van der Waals surface area contributed by atoms with Crippen LogP contribution in [0.25, 0.3) is 0 Å². The molecule has 1 aromatic carbocycles. The maximum Gasteiger partial charge on any atom is 0.319 e. The molecule has 3 atom stereocenters. The molecule has 0 radical (unpaired) electrons. The molecule has 2 amide bonds. The third kappa shape index (κ3) is 2.38. The first-order valence-electron chi connectivity index (χ1n) is 9.77. The predicted octanol–water partition coefficient (Wildman–Crippen LogP) is 2.48. The molecule has 26 heavy (non-hydrogen) atoms. The molecule has 6 nitrogen and oxygen atoms in total. The van der Waals surface area contributed by atoms with E-state index in [0.717, 1.165) is 50.4 Å². The molecule has 0 N–H and O–H groups in total. The molecule has 1 aromatic rings. The average molecular weight is 357 g/mol. The minimum Gasteiger partial charge on any atom is -0.454 e. The van der Waals surface area contributed by atoms with Gasteiger partial charge in [0.2, 0.25) is 6.79 Å². The number of hydrogen-bond donors (Lipinski definition) is 0. The van der Waals surface area contributed by atoms with Gasteiger partial charge < -0.3 is 19.3 Å². The standard InChI is InChI=1S/C20H27N3O3/c1-21(2)20(24)23-8-3-4-13-11-22-9-7-15-14(17(22)10-16(13)23)5-6-18-19(15)26-12-25-18/h5-6,13,16-17H,3-4,7-12H2,1-2H3. The Hall–Kier alpha value is -1.95. The summed E-state index contributed by atoms with van der Waals surface area (Å²) >= 11 is 0. The van der Waals surface area contributed by atoms with Gasteiger partial charge in [0, 0.05) is 51.4 Å². The van der Waals surface area contributed by atoms with Gasteiger partial charge in [-0.05, 0) is 43.2 Å². The lowest BCUT2D eigenvalue weighted by Crippen LogP contribution is -2.59. The second-order valence-electron chi connectivity index (χ2n) is 8.20.